The van der Waals surface area contributed by atoms with E-state index in [1.165, 1.54) is 5.56 Å². The van der Waals surface area contributed by atoms with E-state index in [2.05, 4.69) is 34.3 Å². The molecule has 0 amide bonds. The van der Waals surface area contributed by atoms with Crippen molar-refractivity contribution < 1.29 is 9.47 Å². The number of hydrogen-bond donors (Lipinski definition) is 1. The van der Waals surface area contributed by atoms with Gasteiger partial charge in [-0.05, 0) is 32.4 Å². The van der Waals surface area contributed by atoms with Crippen LogP contribution in [0.15, 0.2) is 48.8 Å². The fourth-order valence-corrected chi connectivity index (χ4v) is 2.75. The molecule has 0 unspecified atom stereocenters. The third kappa shape index (κ3) is 3.82. The second kappa shape index (κ2) is 7.83. The van der Waals surface area contributed by atoms with Gasteiger partial charge in [-0.15, -0.1) is 0 Å². The molecule has 0 fully saturated rings. The van der Waals surface area contributed by atoms with E-state index < -0.39 is 0 Å². The molecule has 0 aliphatic heterocycles. The van der Waals surface area contributed by atoms with Crippen LogP contribution in [0.5, 0.6) is 11.5 Å². The Morgan fingerprint density at radius 1 is 0.960 bits per heavy atom. The summed E-state index contributed by atoms with van der Waals surface area (Å²) in [7, 11) is 0. The van der Waals surface area contributed by atoms with Crippen LogP contribution in [-0.2, 0) is 0 Å². The normalized spacial score (nSPS) is 12.0. The lowest BCUT2D eigenvalue weighted by molar-refractivity contribution is 0.288. The predicted molar refractivity (Wildman–Crippen MR) is 100 cm³/mol. The first kappa shape index (κ1) is 17.0. The zero-order chi connectivity index (χ0) is 17.6. The standard InChI is InChI=1S/C20H23N3O2/c1-4-24-18-11-16-17(12-19(18)25-5-2)21-13-22-20(16)23-14(3)15-9-7-6-8-10-15/h6-14H,4-5H2,1-3H3,(H,21,22,23)/t14-/m1/s1. The zero-order valence-corrected chi connectivity index (χ0v) is 14.8. The molecule has 130 valence electrons. The molecule has 1 aromatic heterocycles. The van der Waals surface area contributed by atoms with Gasteiger partial charge in [0.1, 0.15) is 12.1 Å². The maximum absolute atomic E-state index is 5.73. The molecular formula is C20H23N3O2. The molecule has 0 saturated heterocycles. The number of nitrogens with zero attached hydrogens (tertiary/aromatic N) is 2. The lowest BCUT2D eigenvalue weighted by Crippen LogP contribution is -2.08. The van der Waals surface area contributed by atoms with Crippen molar-refractivity contribution in [3.05, 3.63) is 54.4 Å². The molecular weight excluding hydrogens is 314 g/mol. The van der Waals surface area contributed by atoms with Gasteiger partial charge in [0.05, 0.1) is 18.7 Å². The summed E-state index contributed by atoms with van der Waals surface area (Å²) in [5, 5.41) is 4.39. The van der Waals surface area contributed by atoms with E-state index in [1.807, 2.05) is 44.2 Å². The van der Waals surface area contributed by atoms with Gasteiger partial charge < -0.3 is 14.8 Å². The molecule has 2 aromatic carbocycles. The molecule has 3 rings (SSSR count). The van der Waals surface area contributed by atoms with Crippen LogP contribution in [0.1, 0.15) is 32.4 Å². The maximum Gasteiger partial charge on any atom is 0.163 e. The van der Waals surface area contributed by atoms with Crippen molar-refractivity contribution in [1.29, 1.82) is 0 Å². The molecule has 0 aliphatic carbocycles. The molecule has 5 heteroatoms. The number of aromatic nitrogens is 2. The highest BCUT2D eigenvalue weighted by Crippen LogP contribution is 2.35. The highest BCUT2D eigenvalue weighted by Gasteiger charge is 2.13. The van der Waals surface area contributed by atoms with E-state index in [0.717, 1.165) is 16.7 Å². The Bertz CT molecular complexity index is 837. The molecule has 0 radical (unpaired) electrons. The van der Waals surface area contributed by atoms with E-state index >= 15 is 0 Å². The number of rotatable bonds is 7. The Morgan fingerprint density at radius 2 is 1.64 bits per heavy atom. The molecule has 1 heterocycles. The minimum absolute atomic E-state index is 0.126. The average molecular weight is 337 g/mol. The Morgan fingerprint density at radius 3 is 2.32 bits per heavy atom. The molecule has 0 saturated carbocycles. The van der Waals surface area contributed by atoms with Gasteiger partial charge in [0.15, 0.2) is 11.5 Å². The van der Waals surface area contributed by atoms with E-state index in [4.69, 9.17) is 9.47 Å². The summed E-state index contributed by atoms with van der Waals surface area (Å²) in [5.41, 5.74) is 2.02. The molecule has 3 aromatic rings. The third-order valence-corrected chi connectivity index (χ3v) is 3.95. The van der Waals surface area contributed by atoms with Gasteiger partial charge in [0, 0.05) is 17.5 Å². The Hall–Kier alpha value is -2.82. The second-order valence-corrected chi connectivity index (χ2v) is 5.68. The number of ether oxygens (including phenoxy) is 2. The van der Waals surface area contributed by atoms with Crippen molar-refractivity contribution in [3.8, 4) is 11.5 Å². The van der Waals surface area contributed by atoms with Crippen LogP contribution in [0.4, 0.5) is 5.82 Å². The van der Waals surface area contributed by atoms with Gasteiger partial charge in [-0.25, -0.2) is 9.97 Å². The quantitative estimate of drug-likeness (QED) is 0.683. The van der Waals surface area contributed by atoms with Gasteiger partial charge in [0.2, 0.25) is 0 Å². The highest BCUT2D eigenvalue weighted by molar-refractivity contribution is 5.91. The number of hydrogen-bond acceptors (Lipinski definition) is 5. The van der Waals surface area contributed by atoms with Crippen LogP contribution >= 0.6 is 0 Å². The van der Waals surface area contributed by atoms with E-state index in [9.17, 15) is 0 Å². The first-order chi connectivity index (χ1) is 12.2. The first-order valence-corrected chi connectivity index (χ1v) is 8.58. The summed E-state index contributed by atoms with van der Waals surface area (Å²) < 4.78 is 11.4. The van der Waals surface area contributed by atoms with Crippen molar-refractivity contribution in [2.45, 2.75) is 26.8 Å². The summed E-state index contributed by atoms with van der Waals surface area (Å²) in [6.07, 6.45) is 1.57. The van der Waals surface area contributed by atoms with Crippen LogP contribution in [0.25, 0.3) is 10.9 Å². The fraction of sp³-hybridized carbons (Fsp3) is 0.300. The highest BCUT2D eigenvalue weighted by atomic mass is 16.5. The van der Waals surface area contributed by atoms with Crippen molar-refractivity contribution in [2.75, 3.05) is 18.5 Å². The molecule has 5 nitrogen and oxygen atoms in total. The summed E-state index contributed by atoms with van der Waals surface area (Å²) in [6, 6.07) is 14.3. The minimum Gasteiger partial charge on any atom is -0.490 e. The van der Waals surface area contributed by atoms with Crippen LogP contribution in [-0.4, -0.2) is 23.2 Å². The minimum atomic E-state index is 0.126. The van der Waals surface area contributed by atoms with Crippen LogP contribution in [0, 0.1) is 0 Å². The monoisotopic (exact) mass is 337 g/mol. The Balaban J connectivity index is 1.99. The summed E-state index contributed by atoms with van der Waals surface area (Å²) >= 11 is 0. The molecule has 0 aliphatic rings. The number of anilines is 1. The van der Waals surface area contributed by atoms with Crippen LogP contribution in [0.3, 0.4) is 0 Å². The second-order valence-electron chi connectivity index (χ2n) is 5.68. The van der Waals surface area contributed by atoms with E-state index in [1.54, 1.807) is 6.33 Å². The summed E-state index contributed by atoms with van der Waals surface area (Å²) in [5.74, 6) is 2.20. The number of nitrogens with one attached hydrogen (secondary N) is 1. The number of benzene rings is 2. The van der Waals surface area contributed by atoms with Gasteiger partial charge in [0.25, 0.3) is 0 Å². The van der Waals surface area contributed by atoms with Crippen molar-refractivity contribution >= 4 is 16.7 Å². The summed E-state index contributed by atoms with van der Waals surface area (Å²) in [4.78, 5) is 8.81. The first-order valence-electron chi connectivity index (χ1n) is 8.58. The SMILES string of the molecule is CCOc1cc2ncnc(N[C@H](C)c3ccccc3)c2cc1OCC. The fourth-order valence-electron chi connectivity index (χ4n) is 2.75. The van der Waals surface area contributed by atoms with E-state index in [-0.39, 0.29) is 6.04 Å². The predicted octanol–water partition coefficient (Wildman–Crippen LogP) is 4.60. The summed E-state index contributed by atoms with van der Waals surface area (Å²) in [6.45, 7) is 7.17. The average Bonchev–Trinajstić information content (AvgIpc) is 2.64. The zero-order valence-electron chi connectivity index (χ0n) is 14.8. The molecule has 1 atom stereocenters. The number of fused-ring (bicyclic) bond motifs is 1. The largest absolute Gasteiger partial charge is 0.490 e. The lowest BCUT2D eigenvalue weighted by Gasteiger charge is -2.17. The van der Waals surface area contributed by atoms with Crippen molar-refractivity contribution in [3.63, 3.8) is 0 Å². The van der Waals surface area contributed by atoms with Gasteiger partial charge >= 0.3 is 0 Å². The lowest BCUT2D eigenvalue weighted by atomic mass is 10.1. The smallest absolute Gasteiger partial charge is 0.163 e. The van der Waals surface area contributed by atoms with Gasteiger partial charge in [-0.1, -0.05) is 30.3 Å². The van der Waals surface area contributed by atoms with Crippen molar-refractivity contribution in [2.24, 2.45) is 0 Å². The maximum atomic E-state index is 5.73. The molecule has 0 spiro atoms. The van der Waals surface area contributed by atoms with Gasteiger partial charge in [-0.2, -0.15) is 0 Å². The molecule has 0 bridgehead atoms. The topological polar surface area (TPSA) is 56.3 Å². The molecule has 1 N–H and O–H groups in total. The molecule has 25 heavy (non-hydrogen) atoms. The van der Waals surface area contributed by atoms with Crippen molar-refractivity contribution in [1.82, 2.24) is 9.97 Å². The van der Waals surface area contributed by atoms with E-state index in [0.29, 0.717) is 24.7 Å². The van der Waals surface area contributed by atoms with Crippen LogP contribution < -0.4 is 14.8 Å². The Labute approximate surface area is 148 Å². The van der Waals surface area contributed by atoms with Crippen LogP contribution in [0.2, 0.25) is 0 Å². The third-order valence-electron chi connectivity index (χ3n) is 3.95. The van der Waals surface area contributed by atoms with Gasteiger partial charge in [-0.3, -0.25) is 0 Å². The Kier molecular flexibility index (Phi) is 5.33.